The molecule has 0 fully saturated rings. The van der Waals surface area contributed by atoms with Crippen LogP contribution < -0.4 is 10.5 Å². The predicted octanol–water partition coefficient (Wildman–Crippen LogP) is 2.01. The Morgan fingerprint density at radius 3 is 2.73 bits per heavy atom. The Morgan fingerprint density at radius 2 is 2.27 bits per heavy atom. The molecule has 0 bridgehead atoms. The summed E-state index contributed by atoms with van der Waals surface area (Å²) in [6.45, 7) is 1.93. The summed E-state index contributed by atoms with van der Waals surface area (Å²) in [4.78, 5) is 10.3. The van der Waals surface area contributed by atoms with Gasteiger partial charge in [0.25, 0.3) is 0 Å². The summed E-state index contributed by atoms with van der Waals surface area (Å²) in [7, 11) is 1.40. The van der Waals surface area contributed by atoms with E-state index in [2.05, 4.69) is 0 Å². The van der Waals surface area contributed by atoms with E-state index in [4.69, 9.17) is 10.5 Å². The maximum atomic E-state index is 10.7. The van der Waals surface area contributed by atoms with Crippen molar-refractivity contribution in [3.05, 3.63) is 33.9 Å². The highest BCUT2D eigenvalue weighted by Crippen LogP contribution is 2.29. The number of hydrogen-bond donors (Lipinski definition) is 1. The zero-order valence-corrected chi connectivity index (χ0v) is 8.77. The molecular formula is C10H14N2O3. The first-order valence-corrected chi connectivity index (χ1v) is 4.68. The van der Waals surface area contributed by atoms with Crippen molar-refractivity contribution in [3.63, 3.8) is 0 Å². The number of nitrogens with zero attached hydrogens (tertiary/aromatic N) is 1. The lowest BCUT2D eigenvalue weighted by Crippen LogP contribution is -2.09. The summed E-state index contributed by atoms with van der Waals surface area (Å²) in [5, 5.41) is 10.7. The van der Waals surface area contributed by atoms with Gasteiger partial charge in [-0.25, -0.2) is 0 Å². The van der Waals surface area contributed by atoms with E-state index >= 15 is 0 Å². The summed E-state index contributed by atoms with van der Waals surface area (Å²) >= 11 is 0. The van der Waals surface area contributed by atoms with Crippen LogP contribution in [-0.2, 0) is 0 Å². The average Bonchev–Trinajstić information content (AvgIpc) is 2.27. The van der Waals surface area contributed by atoms with Gasteiger partial charge >= 0.3 is 5.69 Å². The molecule has 2 N–H and O–H groups in total. The molecule has 0 spiro atoms. The number of benzene rings is 1. The monoisotopic (exact) mass is 210 g/mol. The number of nitrogens with two attached hydrogens (primary N) is 1. The van der Waals surface area contributed by atoms with Crippen LogP contribution in [0, 0.1) is 10.1 Å². The van der Waals surface area contributed by atoms with Crippen LogP contribution in [0.15, 0.2) is 18.2 Å². The van der Waals surface area contributed by atoms with Gasteiger partial charge in [0.2, 0.25) is 0 Å². The molecule has 1 aromatic carbocycles. The predicted molar refractivity (Wildman–Crippen MR) is 56.9 cm³/mol. The molecule has 5 nitrogen and oxygen atoms in total. The van der Waals surface area contributed by atoms with Crippen LogP contribution in [0.2, 0.25) is 0 Å². The van der Waals surface area contributed by atoms with Gasteiger partial charge in [-0.15, -0.1) is 0 Å². The second kappa shape index (κ2) is 4.75. The van der Waals surface area contributed by atoms with E-state index in [1.807, 2.05) is 6.92 Å². The SMILES string of the molecule is CC[C@@H](N)c1ccc(OC)c([N+](=O)[O-])c1. The maximum absolute atomic E-state index is 10.7. The van der Waals surface area contributed by atoms with Crippen LogP contribution in [0.3, 0.4) is 0 Å². The van der Waals surface area contributed by atoms with Crippen LogP contribution in [0.25, 0.3) is 0 Å². The van der Waals surface area contributed by atoms with Crippen LogP contribution in [0.1, 0.15) is 24.9 Å². The van der Waals surface area contributed by atoms with Crippen molar-refractivity contribution in [2.45, 2.75) is 19.4 Å². The summed E-state index contributed by atoms with van der Waals surface area (Å²) in [6.07, 6.45) is 0.740. The van der Waals surface area contributed by atoms with E-state index in [1.165, 1.54) is 13.2 Å². The summed E-state index contributed by atoms with van der Waals surface area (Å²) < 4.78 is 4.89. The molecule has 0 aliphatic rings. The summed E-state index contributed by atoms with van der Waals surface area (Å²) in [5.74, 6) is 0.257. The molecule has 15 heavy (non-hydrogen) atoms. The number of hydrogen-bond acceptors (Lipinski definition) is 4. The molecule has 0 aliphatic carbocycles. The average molecular weight is 210 g/mol. The van der Waals surface area contributed by atoms with Crippen LogP contribution in [-0.4, -0.2) is 12.0 Å². The molecule has 0 saturated carbocycles. The quantitative estimate of drug-likeness (QED) is 0.609. The van der Waals surface area contributed by atoms with E-state index in [-0.39, 0.29) is 17.5 Å². The molecule has 1 atom stereocenters. The zero-order valence-electron chi connectivity index (χ0n) is 8.77. The Balaban J connectivity index is 3.16. The summed E-state index contributed by atoms with van der Waals surface area (Å²) in [5.41, 5.74) is 6.50. The molecule has 0 aliphatic heterocycles. The van der Waals surface area contributed by atoms with Crippen molar-refractivity contribution in [2.24, 2.45) is 5.73 Å². The minimum atomic E-state index is -0.468. The zero-order chi connectivity index (χ0) is 11.4. The highest BCUT2D eigenvalue weighted by atomic mass is 16.6. The van der Waals surface area contributed by atoms with Gasteiger partial charge in [-0.1, -0.05) is 13.0 Å². The normalized spacial score (nSPS) is 12.2. The molecule has 0 unspecified atom stereocenters. The van der Waals surface area contributed by atoms with Crippen LogP contribution in [0.5, 0.6) is 5.75 Å². The molecular weight excluding hydrogens is 196 g/mol. The third-order valence-electron chi connectivity index (χ3n) is 2.27. The Morgan fingerprint density at radius 1 is 1.60 bits per heavy atom. The van der Waals surface area contributed by atoms with Gasteiger partial charge in [-0.3, -0.25) is 10.1 Å². The van der Waals surface area contributed by atoms with Gasteiger partial charge in [-0.05, 0) is 18.1 Å². The third-order valence-corrected chi connectivity index (χ3v) is 2.27. The smallest absolute Gasteiger partial charge is 0.311 e. The fraction of sp³-hybridized carbons (Fsp3) is 0.400. The molecule has 0 amide bonds. The first-order chi connectivity index (χ1) is 7.10. The van der Waals surface area contributed by atoms with E-state index < -0.39 is 4.92 Å². The second-order valence-corrected chi connectivity index (χ2v) is 3.20. The van der Waals surface area contributed by atoms with Crippen molar-refractivity contribution in [1.82, 2.24) is 0 Å². The number of ether oxygens (including phenoxy) is 1. The Hall–Kier alpha value is -1.62. The minimum absolute atomic E-state index is 0.0427. The lowest BCUT2D eigenvalue weighted by atomic mass is 10.0. The molecule has 82 valence electrons. The molecule has 1 rings (SSSR count). The Labute approximate surface area is 88.0 Å². The molecule has 0 heterocycles. The first kappa shape index (κ1) is 11.5. The minimum Gasteiger partial charge on any atom is -0.490 e. The van der Waals surface area contributed by atoms with Crippen molar-refractivity contribution >= 4 is 5.69 Å². The van der Waals surface area contributed by atoms with E-state index in [0.717, 1.165) is 12.0 Å². The van der Waals surface area contributed by atoms with Gasteiger partial charge in [0.15, 0.2) is 5.75 Å². The Kier molecular flexibility index (Phi) is 3.62. The van der Waals surface area contributed by atoms with Crippen molar-refractivity contribution in [3.8, 4) is 5.75 Å². The molecule has 5 heteroatoms. The maximum Gasteiger partial charge on any atom is 0.311 e. The van der Waals surface area contributed by atoms with Gasteiger partial charge in [0.05, 0.1) is 12.0 Å². The topological polar surface area (TPSA) is 78.4 Å². The summed E-state index contributed by atoms with van der Waals surface area (Å²) in [6, 6.07) is 4.62. The number of rotatable bonds is 4. The molecule has 0 saturated heterocycles. The second-order valence-electron chi connectivity index (χ2n) is 3.20. The van der Waals surface area contributed by atoms with Gasteiger partial charge in [0.1, 0.15) is 0 Å². The van der Waals surface area contributed by atoms with Crippen molar-refractivity contribution < 1.29 is 9.66 Å². The van der Waals surface area contributed by atoms with E-state index in [0.29, 0.717) is 0 Å². The number of methoxy groups -OCH3 is 1. The molecule has 0 radical (unpaired) electrons. The number of nitro benzene ring substituents is 1. The van der Waals surface area contributed by atoms with Crippen molar-refractivity contribution in [1.29, 1.82) is 0 Å². The third kappa shape index (κ3) is 2.44. The lowest BCUT2D eigenvalue weighted by Gasteiger charge is -2.09. The van der Waals surface area contributed by atoms with Gasteiger partial charge < -0.3 is 10.5 Å². The number of nitro groups is 1. The van der Waals surface area contributed by atoms with Crippen molar-refractivity contribution in [2.75, 3.05) is 7.11 Å². The fourth-order valence-corrected chi connectivity index (χ4v) is 1.32. The lowest BCUT2D eigenvalue weighted by molar-refractivity contribution is -0.385. The highest BCUT2D eigenvalue weighted by molar-refractivity contribution is 5.49. The van der Waals surface area contributed by atoms with E-state index in [1.54, 1.807) is 12.1 Å². The first-order valence-electron chi connectivity index (χ1n) is 4.68. The van der Waals surface area contributed by atoms with Gasteiger partial charge in [-0.2, -0.15) is 0 Å². The van der Waals surface area contributed by atoms with Crippen LogP contribution >= 0.6 is 0 Å². The largest absolute Gasteiger partial charge is 0.490 e. The van der Waals surface area contributed by atoms with E-state index in [9.17, 15) is 10.1 Å². The standard InChI is InChI=1S/C10H14N2O3/c1-3-8(11)7-4-5-10(15-2)9(6-7)12(13)14/h4-6,8H,3,11H2,1-2H3/t8-/m1/s1. The molecule has 1 aromatic rings. The highest BCUT2D eigenvalue weighted by Gasteiger charge is 2.16. The molecule has 0 aromatic heterocycles. The fourth-order valence-electron chi connectivity index (χ4n) is 1.32. The van der Waals surface area contributed by atoms with Gasteiger partial charge in [0, 0.05) is 12.1 Å². The van der Waals surface area contributed by atoms with Crippen LogP contribution in [0.4, 0.5) is 5.69 Å². The Bertz CT molecular complexity index is 366.